The van der Waals surface area contributed by atoms with E-state index in [9.17, 15) is 4.79 Å². The summed E-state index contributed by atoms with van der Waals surface area (Å²) in [6.07, 6.45) is 0.737. The largest absolute Gasteiger partial charge is 0.360 e. The number of hydrogen-bond acceptors (Lipinski definition) is 7. The van der Waals surface area contributed by atoms with Gasteiger partial charge in [0.25, 0.3) is 5.91 Å². The van der Waals surface area contributed by atoms with Crippen LogP contribution in [0.3, 0.4) is 0 Å². The van der Waals surface area contributed by atoms with Crippen LogP contribution in [0.4, 0.5) is 10.3 Å². The Morgan fingerprint density at radius 3 is 2.59 bits per heavy atom. The van der Waals surface area contributed by atoms with Gasteiger partial charge in [-0.2, -0.15) is 0 Å². The minimum absolute atomic E-state index is 0.264. The van der Waals surface area contributed by atoms with Crippen LogP contribution in [0.15, 0.2) is 12.1 Å². The number of halogens is 2. The second-order valence-electron chi connectivity index (χ2n) is 6.08. The molecule has 2 heterocycles. The molecule has 3 rings (SSSR count). The van der Waals surface area contributed by atoms with E-state index in [0.717, 1.165) is 34.2 Å². The standard InChI is InChI=1S/C17H19Cl2N5OS2/c1-4-12-14(22-16(26-12)20-5-6-24(2)3)15(25)23-17-21-11-7-9(18)10(19)8-13(11)27-17/h7-8H,4-6H2,1-3H3,(H,20,22)(H,21,23,25). The zero-order valence-electron chi connectivity index (χ0n) is 15.1. The van der Waals surface area contributed by atoms with Gasteiger partial charge in [0.15, 0.2) is 10.3 Å². The lowest BCUT2D eigenvalue weighted by Crippen LogP contribution is -2.20. The summed E-state index contributed by atoms with van der Waals surface area (Å²) in [6, 6.07) is 3.44. The second kappa shape index (κ2) is 8.70. The van der Waals surface area contributed by atoms with Gasteiger partial charge < -0.3 is 10.2 Å². The van der Waals surface area contributed by atoms with Gasteiger partial charge >= 0.3 is 0 Å². The summed E-state index contributed by atoms with van der Waals surface area (Å²) in [4.78, 5) is 24.6. The summed E-state index contributed by atoms with van der Waals surface area (Å²) in [5.41, 5.74) is 1.13. The van der Waals surface area contributed by atoms with Crippen molar-refractivity contribution in [2.75, 3.05) is 37.8 Å². The van der Waals surface area contributed by atoms with Gasteiger partial charge in [0.05, 0.1) is 20.3 Å². The minimum atomic E-state index is -0.264. The fourth-order valence-corrected chi connectivity index (χ4v) is 4.56. The third-order valence-corrected chi connectivity index (χ3v) is 6.53. The topological polar surface area (TPSA) is 70.2 Å². The number of anilines is 2. The Hall–Kier alpha value is -1.45. The molecule has 0 atom stereocenters. The fourth-order valence-electron chi connectivity index (χ4n) is 2.36. The predicted octanol–water partition coefficient (Wildman–Crippen LogP) is 4.85. The highest BCUT2D eigenvalue weighted by molar-refractivity contribution is 7.22. The molecule has 0 aliphatic heterocycles. The van der Waals surface area contributed by atoms with Crippen LogP contribution in [0.5, 0.6) is 0 Å². The summed E-state index contributed by atoms with van der Waals surface area (Å²) in [6.45, 7) is 3.67. The van der Waals surface area contributed by atoms with Gasteiger partial charge in [-0.05, 0) is 32.6 Å². The first-order valence-electron chi connectivity index (χ1n) is 8.32. The molecule has 3 aromatic rings. The lowest BCUT2D eigenvalue weighted by atomic mass is 10.3. The van der Waals surface area contributed by atoms with E-state index >= 15 is 0 Å². The third-order valence-electron chi connectivity index (χ3n) is 3.72. The molecular formula is C17H19Cl2N5OS2. The van der Waals surface area contributed by atoms with E-state index in [1.807, 2.05) is 21.0 Å². The molecule has 6 nitrogen and oxygen atoms in total. The first kappa shape index (κ1) is 20.3. The Morgan fingerprint density at radius 2 is 1.89 bits per heavy atom. The molecule has 0 radical (unpaired) electrons. The smallest absolute Gasteiger partial charge is 0.277 e. The molecule has 144 valence electrons. The molecule has 0 unspecified atom stereocenters. The summed E-state index contributed by atoms with van der Waals surface area (Å²) < 4.78 is 0.861. The summed E-state index contributed by atoms with van der Waals surface area (Å²) in [5.74, 6) is -0.264. The highest BCUT2D eigenvalue weighted by atomic mass is 35.5. The Morgan fingerprint density at radius 1 is 1.15 bits per heavy atom. The zero-order valence-corrected chi connectivity index (χ0v) is 18.2. The maximum absolute atomic E-state index is 12.7. The SMILES string of the molecule is CCc1sc(NCCN(C)C)nc1C(=O)Nc1nc2cc(Cl)c(Cl)cc2s1. The number of carbonyl (C=O) groups is 1. The quantitative estimate of drug-likeness (QED) is 0.545. The van der Waals surface area contributed by atoms with Gasteiger partial charge in [-0.25, -0.2) is 9.97 Å². The number of hydrogen-bond donors (Lipinski definition) is 2. The van der Waals surface area contributed by atoms with E-state index in [2.05, 4.69) is 25.5 Å². The number of nitrogens with zero attached hydrogens (tertiary/aromatic N) is 3. The molecule has 0 fully saturated rings. The first-order valence-corrected chi connectivity index (χ1v) is 10.7. The lowest BCUT2D eigenvalue weighted by molar-refractivity contribution is 0.102. The summed E-state index contributed by atoms with van der Waals surface area (Å²) >= 11 is 14.9. The Labute approximate surface area is 175 Å². The average Bonchev–Trinajstić information content (AvgIpc) is 3.18. The molecule has 1 aromatic carbocycles. The average molecular weight is 444 g/mol. The fraction of sp³-hybridized carbons (Fsp3) is 0.353. The van der Waals surface area contributed by atoms with Crippen LogP contribution in [0.1, 0.15) is 22.3 Å². The maximum atomic E-state index is 12.7. The van der Waals surface area contributed by atoms with E-state index in [4.69, 9.17) is 23.2 Å². The molecule has 0 bridgehead atoms. The maximum Gasteiger partial charge on any atom is 0.277 e. The zero-order chi connectivity index (χ0) is 19.6. The van der Waals surface area contributed by atoms with Crippen LogP contribution >= 0.6 is 45.9 Å². The number of likely N-dealkylation sites (N-methyl/N-ethyl adjacent to an activating group) is 1. The molecule has 2 aromatic heterocycles. The molecule has 2 N–H and O–H groups in total. The molecule has 1 amide bonds. The van der Waals surface area contributed by atoms with Crippen LogP contribution in [-0.4, -0.2) is 48.0 Å². The van der Waals surface area contributed by atoms with Gasteiger partial charge in [-0.15, -0.1) is 11.3 Å². The Kier molecular flexibility index (Phi) is 6.54. The summed E-state index contributed by atoms with van der Waals surface area (Å²) in [5, 5.41) is 8.25. The number of thiazole rings is 2. The second-order valence-corrected chi connectivity index (χ2v) is 9.01. The van der Waals surface area contributed by atoms with E-state index in [0.29, 0.717) is 26.4 Å². The normalized spacial score (nSPS) is 11.3. The predicted molar refractivity (Wildman–Crippen MR) is 116 cm³/mol. The molecule has 10 heteroatoms. The van der Waals surface area contributed by atoms with Crippen molar-refractivity contribution in [3.05, 3.63) is 32.7 Å². The Balaban J connectivity index is 1.76. The van der Waals surface area contributed by atoms with Crippen molar-refractivity contribution in [3.63, 3.8) is 0 Å². The van der Waals surface area contributed by atoms with Gasteiger partial charge in [0, 0.05) is 18.0 Å². The van der Waals surface area contributed by atoms with Gasteiger partial charge in [-0.1, -0.05) is 41.5 Å². The Bertz CT molecular complexity index is 931. The van der Waals surface area contributed by atoms with Crippen molar-refractivity contribution in [2.24, 2.45) is 0 Å². The van der Waals surface area contributed by atoms with Gasteiger partial charge in [0.2, 0.25) is 0 Å². The molecule has 0 saturated heterocycles. The third kappa shape index (κ3) is 4.89. The number of fused-ring (bicyclic) bond motifs is 1. The molecular weight excluding hydrogens is 425 g/mol. The van der Waals surface area contributed by atoms with E-state index in [1.165, 1.54) is 22.7 Å². The molecule has 0 saturated carbocycles. The van der Waals surface area contributed by atoms with Gasteiger partial charge in [-0.3, -0.25) is 10.1 Å². The first-order chi connectivity index (χ1) is 12.9. The van der Waals surface area contributed by atoms with Crippen molar-refractivity contribution in [2.45, 2.75) is 13.3 Å². The number of aryl methyl sites for hydroxylation is 1. The number of carbonyl (C=O) groups excluding carboxylic acids is 1. The van der Waals surface area contributed by atoms with Crippen molar-refractivity contribution in [3.8, 4) is 0 Å². The molecule has 0 spiro atoms. The number of rotatable bonds is 7. The van der Waals surface area contributed by atoms with Crippen LogP contribution in [-0.2, 0) is 6.42 Å². The van der Waals surface area contributed by atoms with Crippen molar-refractivity contribution in [1.29, 1.82) is 0 Å². The molecule has 0 aliphatic rings. The van der Waals surface area contributed by atoms with Crippen molar-refractivity contribution >= 4 is 72.3 Å². The van der Waals surface area contributed by atoms with E-state index < -0.39 is 0 Å². The number of aromatic nitrogens is 2. The van der Waals surface area contributed by atoms with Crippen molar-refractivity contribution in [1.82, 2.24) is 14.9 Å². The van der Waals surface area contributed by atoms with Crippen LogP contribution in [0, 0.1) is 0 Å². The van der Waals surface area contributed by atoms with E-state index in [-0.39, 0.29) is 5.91 Å². The highest BCUT2D eigenvalue weighted by Crippen LogP contribution is 2.33. The molecule has 27 heavy (non-hydrogen) atoms. The lowest BCUT2D eigenvalue weighted by Gasteiger charge is -2.08. The van der Waals surface area contributed by atoms with E-state index in [1.54, 1.807) is 12.1 Å². The number of nitrogens with one attached hydrogen (secondary N) is 2. The number of benzene rings is 1. The van der Waals surface area contributed by atoms with Crippen LogP contribution in [0.2, 0.25) is 10.0 Å². The minimum Gasteiger partial charge on any atom is -0.360 e. The van der Waals surface area contributed by atoms with Crippen LogP contribution in [0.25, 0.3) is 10.2 Å². The van der Waals surface area contributed by atoms with Crippen LogP contribution < -0.4 is 10.6 Å². The van der Waals surface area contributed by atoms with Gasteiger partial charge in [0.1, 0.15) is 5.69 Å². The summed E-state index contributed by atoms with van der Waals surface area (Å²) in [7, 11) is 4.02. The monoisotopic (exact) mass is 443 g/mol. The van der Waals surface area contributed by atoms with Crippen molar-refractivity contribution < 1.29 is 4.79 Å². The molecule has 0 aliphatic carbocycles. The highest BCUT2D eigenvalue weighted by Gasteiger charge is 2.19. The number of amides is 1.